The van der Waals surface area contributed by atoms with E-state index in [1.165, 1.54) is 0 Å². The molecule has 0 fully saturated rings. The summed E-state index contributed by atoms with van der Waals surface area (Å²) in [5, 5.41) is 2.20. The van der Waals surface area contributed by atoms with E-state index in [4.69, 9.17) is 23.2 Å². The van der Waals surface area contributed by atoms with Crippen LogP contribution in [0.2, 0.25) is 10.0 Å². The fourth-order valence-corrected chi connectivity index (χ4v) is 1.67. The van der Waals surface area contributed by atoms with E-state index < -0.39 is 0 Å². The molecule has 0 aliphatic heterocycles. The zero-order chi connectivity index (χ0) is 8.55. The quantitative estimate of drug-likeness (QED) is 0.630. The number of pyridine rings is 1. The Hall–Kier alpha value is -0.790. The lowest BCUT2D eigenvalue weighted by atomic mass is 10.2. The van der Waals surface area contributed by atoms with E-state index in [1.807, 2.05) is 18.2 Å². The van der Waals surface area contributed by atoms with Crippen molar-refractivity contribution in [2.75, 3.05) is 0 Å². The Morgan fingerprint density at radius 3 is 2.83 bits per heavy atom. The number of fused-ring (bicyclic) bond motifs is 1. The predicted octanol–water partition coefficient (Wildman–Crippen LogP) is 3.54. The molecule has 3 heteroatoms. The van der Waals surface area contributed by atoms with Gasteiger partial charge in [-0.3, -0.25) is 4.98 Å². The summed E-state index contributed by atoms with van der Waals surface area (Å²) in [6.45, 7) is 0. The first-order chi connectivity index (χ1) is 5.77. The molecule has 0 unspecified atom stereocenters. The van der Waals surface area contributed by atoms with E-state index in [-0.39, 0.29) is 0 Å². The van der Waals surface area contributed by atoms with Crippen LogP contribution in [-0.2, 0) is 0 Å². The largest absolute Gasteiger partial charge is 0.255 e. The first-order valence-corrected chi connectivity index (χ1v) is 4.23. The molecule has 0 bridgehead atoms. The van der Waals surface area contributed by atoms with Gasteiger partial charge in [0, 0.05) is 16.6 Å². The van der Waals surface area contributed by atoms with Gasteiger partial charge in [0.15, 0.2) is 0 Å². The second-order valence-corrected chi connectivity index (χ2v) is 3.31. The highest BCUT2D eigenvalue weighted by Gasteiger charge is 2.00. The molecular weight excluding hydrogens is 193 g/mol. The Morgan fingerprint density at radius 2 is 2.00 bits per heavy atom. The Morgan fingerprint density at radius 1 is 1.17 bits per heavy atom. The highest BCUT2D eigenvalue weighted by Crippen LogP contribution is 2.25. The Bertz CT molecular complexity index is 426. The maximum absolute atomic E-state index is 5.92. The molecule has 1 aromatic carbocycles. The fraction of sp³-hybridized carbons (Fsp3) is 0. The van der Waals surface area contributed by atoms with Gasteiger partial charge in [-0.2, -0.15) is 0 Å². The maximum Gasteiger partial charge on any atom is 0.0889 e. The van der Waals surface area contributed by atoms with Crippen LogP contribution in [0.3, 0.4) is 0 Å². The van der Waals surface area contributed by atoms with Crippen molar-refractivity contribution in [3.63, 3.8) is 0 Å². The summed E-state index contributed by atoms with van der Waals surface area (Å²) in [6, 6.07) is 7.32. The van der Waals surface area contributed by atoms with E-state index >= 15 is 0 Å². The van der Waals surface area contributed by atoms with Gasteiger partial charge < -0.3 is 0 Å². The number of aromatic nitrogens is 1. The lowest BCUT2D eigenvalue weighted by Gasteiger charge is -1.98. The van der Waals surface area contributed by atoms with Gasteiger partial charge in [-0.1, -0.05) is 29.3 Å². The van der Waals surface area contributed by atoms with E-state index in [0.717, 1.165) is 10.9 Å². The number of nitrogens with zero attached hydrogens (tertiary/aromatic N) is 1. The van der Waals surface area contributed by atoms with Crippen molar-refractivity contribution in [2.45, 2.75) is 0 Å². The van der Waals surface area contributed by atoms with Gasteiger partial charge in [0.25, 0.3) is 0 Å². The predicted molar refractivity (Wildman–Crippen MR) is 51.8 cm³/mol. The van der Waals surface area contributed by atoms with Gasteiger partial charge in [0.1, 0.15) is 0 Å². The molecule has 1 aromatic heterocycles. The Kier molecular flexibility index (Phi) is 1.91. The molecule has 1 heterocycles. The van der Waals surface area contributed by atoms with E-state index in [0.29, 0.717) is 10.0 Å². The number of hydrogen-bond donors (Lipinski definition) is 0. The highest BCUT2D eigenvalue weighted by atomic mass is 35.5. The molecule has 2 aromatic rings. The van der Waals surface area contributed by atoms with Gasteiger partial charge in [0.05, 0.1) is 10.5 Å². The number of hydrogen-bond acceptors (Lipinski definition) is 1. The summed E-state index contributed by atoms with van der Waals surface area (Å²) in [4.78, 5) is 4.13. The van der Waals surface area contributed by atoms with E-state index in [2.05, 4.69) is 4.98 Å². The molecule has 12 heavy (non-hydrogen) atoms. The molecule has 0 aliphatic rings. The van der Waals surface area contributed by atoms with Gasteiger partial charge in [-0.25, -0.2) is 0 Å². The maximum atomic E-state index is 5.92. The van der Waals surface area contributed by atoms with Crippen LogP contribution in [0, 0.1) is 0 Å². The topological polar surface area (TPSA) is 12.9 Å². The molecule has 2 rings (SSSR count). The van der Waals surface area contributed by atoms with Crippen LogP contribution in [-0.4, -0.2) is 4.98 Å². The first-order valence-electron chi connectivity index (χ1n) is 3.47. The van der Waals surface area contributed by atoms with E-state index in [1.54, 1.807) is 12.3 Å². The zero-order valence-corrected chi connectivity index (χ0v) is 7.60. The van der Waals surface area contributed by atoms with Crippen LogP contribution < -0.4 is 0 Å². The van der Waals surface area contributed by atoms with Gasteiger partial charge in [-0.05, 0) is 18.2 Å². The molecule has 0 aliphatic carbocycles. The summed E-state index contributed by atoms with van der Waals surface area (Å²) < 4.78 is 0. The van der Waals surface area contributed by atoms with E-state index in [9.17, 15) is 0 Å². The average molecular weight is 198 g/mol. The molecule has 0 amide bonds. The Balaban J connectivity index is 2.89. The SMILES string of the molecule is Clc1cc(Cl)c2ncccc2c1. The lowest BCUT2D eigenvalue weighted by molar-refractivity contribution is 1.41. The summed E-state index contributed by atoms with van der Waals surface area (Å²) >= 11 is 11.7. The molecule has 1 nitrogen and oxygen atoms in total. The van der Waals surface area contributed by atoms with Crippen molar-refractivity contribution >= 4 is 34.1 Å². The highest BCUT2D eigenvalue weighted by molar-refractivity contribution is 6.38. The second kappa shape index (κ2) is 2.92. The minimum absolute atomic E-state index is 0.595. The van der Waals surface area contributed by atoms with Crippen molar-refractivity contribution in [3.8, 4) is 0 Å². The minimum atomic E-state index is 0.595. The third kappa shape index (κ3) is 1.26. The fourth-order valence-electron chi connectivity index (χ4n) is 1.11. The smallest absolute Gasteiger partial charge is 0.0889 e. The molecule has 0 saturated carbocycles. The monoisotopic (exact) mass is 197 g/mol. The van der Waals surface area contributed by atoms with Gasteiger partial charge >= 0.3 is 0 Å². The van der Waals surface area contributed by atoms with Crippen LogP contribution in [0.1, 0.15) is 0 Å². The average Bonchev–Trinajstić information content (AvgIpc) is 2.04. The third-order valence-corrected chi connectivity index (χ3v) is 2.13. The summed E-state index contributed by atoms with van der Waals surface area (Å²) in [7, 11) is 0. The molecule has 0 atom stereocenters. The zero-order valence-electron chi connectivity index (χ0n) is 6.09. The van der Waals surface area contributed by atoms with Crippen LogP contribution in [0.15, 0.2) is 30.5 Å². The number of rotatable bonds is 0. The summed E-state index contributed by atoms with van der Waals surface area (Å²) in [6.07, 6.45) is 1.71. The van der Waals surface area contributed by atoms with Crippen molar-refractivity contribution in [1.29, 1.82) is 0 Å². The third-order valence-electron chi connectivity index (χ3n) is 1.62. The van der Waals surface area contributed by atoms with Crippen LogP contribution in [0.5, 0.6) is 0 Å². The number of halogens is 2. The second-order valence-electron chi connectivity index (χ2n) is 2.46. The van der Waals surface area contributed by atoms with Crippen molar-refractivity contribution in [2.24, 2.45) is 0 Å². The van der Waals surface area contributed by atoms with Crippen molar-refractivity contribution in [3.05, 3.63) is 40.5 Å². The molecule has 0 spiro atoms. The van der Waals surface area contributed by atoms with Crippen molar-refractivity contribution < 1.29 is 0 Å². The number of benzene rings is 1. The van der Waals surface area contributed by atoms with Crippen molar-refractivity contribution in [1.82, 2.24) is 4.98 Å². The Labute approximate surface area is 79.9 Å². The summed E-state index contributed by atoms with van der Waals surface area (Å²) in [5.74, 6) is 0. The molecule has 0 saturated heterocycles. The summed E-state index contributed by atoms with van der Waals surface area (Å²) in [5.41, 5.74) is 0.795. The molecule has 60 valence electrons. The lowest BCUT2D eigenvalue weighted by Crippen LogP contribution is -1.78. The minimum Gasteiger partial charge on any atom is -0.255 e. The van der Waals surface area contributed by atoms with Crippen LogP contribution in [0.4, 0.5) is 0 Å². The molecular formula is C9H5Cl2N. The standard InChI is InChI=1S/C9H5Cl2N/c10-7-4-6-2-1-3-12-9(6)8(11)5-7/h1-5H. The van der Waals surface area contributed by atoms with Crippen LogP contribution in [0.25, 0.3) is 10.9 Å². The van der Waals surface area contributed by atoms with Gasteiger partial charge in [0.2, 0.25) is 0 Å². The normalized spacial score (nSPS) is 10.5. The molecule has 0 radical (unpaired) electrons. The van der Waals surface area contributed by atoms with Gasteiger partial charge in [-0.15, -0.1) is 0 Å². The first kappa shape index (κ1) is 7.84. The molecule has 0 N–H and O–H groups in total. The van der Waals surface area contributed by atoms with Crippen LogP contribution >= 0.6 is 23.2 Å².